The molecule has 0 spiro atoms. The van der Waals surface area contributed by atoms with Gasteiger partial charge in [-0.05, 0) is 148 Å². The van der Waals surface area contributed by atoms with E-state index >= 15 is 0 Å². The van der Waals surface area contributed by atoms with Crippen molar-refractivity contribution >= 4 is 37.1 Å². The van der Waals surface area contributed by atoms with Crippen LogP contribution in [0, 0.1) is 35.5 Å². The van der Waals surface area contributed by atoms with E-state index in [1.54, 1.807) is 68.4 Å². The maximum atomic E-state index is 13.5. The van der Waals surface area contributed by atoms with Gasteiger partial charge in [0.25, 0.3) is 0 Å². The second kappa shape index (κ2) is 42.5. The van der Waals surface area contributed by atoms with Crippen molar-refractivity contribution in [2.45, 2.75) is 168 Å². The van der Waals surface area contributed by atoms with Crippen molar-refractivity contribution < 1.29 is 300 Å². The van der Waals surface area contributed by atoms with Crippen molar-refractivity contribution in [2.75, 3.05) is 103 Å². The Bertz CT molecular complexity index is 5580. The summed E-state index contributed by atoms with van der Waals surface area (Å²) in [6.45, 7) is 3.82. The second-order valence-corrected chi connectivity index (χ2v) is 36.4. The number of ether oxygens (including phenoxy) is 27. The summed E-state index contributed by atoms with van der Waals surface area (Å²) in [5, 5.41) is 89.5. The van der Waals surface area contributed by atoms with Crippen LogP contribution in [-0.4, -0.2) is 276 Å². The van der Waals surface area contributed by atoms with Crippen molar-refractivity contribution in [1.82, 2.24) is 0 Å². The Labute approximate surface area is 867 Å². The number of thiophene rings is 1. The molecule has 6 aromatic carbocycles. The van der Waals surface area contributed by atoms with Crippen LogP contribution in [0.1, 0.15) is 119 Å². The number of hydrogen-bond donors (Lipinski definition) is 10. The van der Waals surface area contributed by atoms with Crippen LogP contribution in [0.2, 0.25) is 0 Å². The number of phosphoric acid groups is 1. The third-order valence-corrected chi connectivity index (χ3v) is 28.4. The molecule has 3 unspecified atom stereocenters. The van der Waals surface area contributed by atoms with Gasteiger partial charge in [0.05, 0.1) is 123 Å². The minimum absolute atomic E-state index is 0. The number of aromatic hydroxyl groups is 2. The Morgan fingerprint density at radius 2 is 0.674 bits per heavy atom. The van der Waals surface area contributed by atoms with Crippen LogP contribution in [0.5, 0.6) is 86.2 Å². The second-order valence-electron chi connectivity index (χ2n) is 34.3. The van der Waals surface area contributed by atoms with E-state index in [9.17, 15) is 69.6 Å². The molecule has 22 rings (SSSR count). The number of carbonyl (C=O) groups is 3. The summed E-state index contributed by atoms with van der Waals surface area (Å²) in [6, 6.07) is 24.1. The minimum atomic E-state index is -5.00. The van der Waals surface area contributed by atoms with Gasteiger partial charge < -0.3 is 173 Å². The molecule has 42 nitrogen and oxygen atoms in total. The summed E-state index contributed by atoms with van der Waals surface area (Å²) in [5.41, 5.74) is 5.67. The van der Waals surface area contributed by atoms with E-state index in [1.807, 2.05) is 23.6 Å². The summed E-state index contributed by atoms with van der Waals surface area (Å²) in [5.74, 6) is -4.36. The molecule has 138 heavy (non-hydrogen) atoms. The fraction of sp³-hybridized carbons (Fsp3) is 0.527. The van der Waals surface area contributed by atoms with Crippen LogP contribution in [0.25, 0.3) is 0 Å². The minimum Gasteiger partial charge on any atom is -0.502 e. The first-order chi connectivity index (χ1) is 64.6. The molecule has 30 atom stereocenters. The van der Waals surface area contributed by atoms with Crippen molar-refractivity contribution in [1.29, 1.82) is 0 Å². The van der Waals surface area contributed by atoms with E-state index < -0.39 is 208 Å². The van der Waals surface area contributed by atoms with Gasteiger partial charge in [-0.1, -0.05) is 13.5 Å². The number of fused-ring (bicyclic) bond motifs is 12. The molecule has 15 aliphatic rings. The monoisotopic (exact) mass is 2200 g/mol. The molecule has 1 aromatic heterocycles. The number of cyclic esters (lactones) is 3. The predicted molar refractivity (Wildman–Crippen MR) is 450 cm³/mol. The Kier molecular flexibility index (Phi) is 32.0. The normalized spacial score (nSPS) is 34.1. The summed E-state index contributed by atoms with van der Waals surface area (Å²) in [6.07, 6.45) is -21.1. The zero-order chi connectivity index (χ0) is 93.5. The van der Waals surface area contributed by atoms with Gasteiger partial charge in [0.15, 0.2) is 107 Å². The van der Waals surface area contributed by atoms with E-state index in [-0.39, 0.29) is 217 Å². The quantitative estimate of drug-likeness (QED) is 0.0274. The first kappa shape index (κ1) is 104. The Hall–Kier alpha value is -6.83. The number of carbonyl (C=O) groups excluding carboxylic acids is 3. The number of rotatable bonds is 18. The maximum absolute atomic E-state index is 13.5. The van der Waals surface area contributed by atoms with Gasteiger partial charge in [-0.2, -0.15) is 0 Å². The molecule has 47 heteroatoms. The van der Waals surface area contributed by atoms with Crippen LogP contribution < -0.4 is 61.4 Å². The van der Waals surface area contributed by atoms with Crippen LogP contribution in [0.3, 0.4) is 0 Å². The first-order valence-electron chi connectivity index (χ1n) is 43.2. The summed E-state index contributed by atoms with van der Waals surface area (Å²) >= 11 is 1.46. The number of aliphatic hydroxyl groups is 6. The number of phenols is 2. The summed E-state index contributed by atoms with van der Waals surface area (Å²) in [7, 11) is 3.32. The molecule has 13 heterocycles. The van der Waals surface area contributed by atoms with E-state index in [4.69, 9.17) is 132 Å². The van der Waals surface area contributed by atoms with Gasteiger partial charge in [0.1, 0.15) is 73.2 Å². The number of methoxy groups -OCH3 is 6. The van der Waals surface area contributed by atoms with Crippen LogP contribution in [0.15, 0.2) is 90.3 Å². The molecule has 12 aliphatic heterocycles. The molecular weight excluding hydrogens is 2090 g/mol. The molecule has 0 amide bonds. The Morgan fingerprint density at radius 3 is 0.971 bits per heavy atom. The summed E-state index contributed by atoms with van der Waals surface area (Å²) < 4.78 is 172. The third-order valence-electron chi connectivity index (χ3n) is 27.1. The maximum Gasteiger partial charge on any atom is 0.525 e. The molecule has 737 valence electrons. The average Bonchev–Trinajstić information content (AvgIpc) is 1.15. The van der Waals surface area contributed by atoms with Gasteiger partial charge in [-0.25, -0.2) is 4.57 Å². The number of phosphoric ester groups is 1. The fourth-order valence-corrected chi connectivity index (χ4v) is 22.0. The number of phenolic OH excluding ortho intramolecular Hbond substituents is 2. The van der Waals surface area contributed by atoms with Crippen molar-refractivity contribution in [3.05, 3.63) is 145 Å². The Balaban J connectivity index is 0.000000148. The Morgan fingerprint density at radius 1 is 0.377 bits per heavy atom. The predicted octanol–water partition coefficient (Wildman–Crippen LogP) is 5.82. The van der Waals surface area contributed by atoms with E-state index in [1.165, 1.54) is 66.1 Å². The van der Waals surface area contributed by atoms with Crippen LogP contribution in [-0.2, 0) is 188 Å². The molecule has 7 aromatic rings. The molecule has 3 aliphatic carbocycles. The molecule has 9 saturated heterocycles. The standard InChI is InChI=1S/C32H32O13S.C29H33O16P.C29H32O13.CH4.3Y/c1-37-19-6-13(7-20(38-2)25(19)33)23-14-8-17-18(42-12-41-17)9-15(14)28(16-10-39-30(36)24(16)23)44-32-27(35)26(34)29-21(43-32)11-40-31(45-29)22-4-3-5-46-22;1-11-38-9-20-27(42-11)23(30)24(31)29(43-20)44-25-14-7-17-16(40-10-41-17)6-13(14)21(22-15(25)8-39-28(22)32)12-4-18(36-2)26(19(5-12)37-3)45-46(33,34)35;1-11-36-9-20-27(40-11)24(31)25(32)29(41-20)42-26-14-7-17-16(38-10-39-17)6-13(14)21(22-15(26)8-37-28(22)33)12-4-18(34-2)23(30)19(5-12)35-3;;;;/h3-9,16,21,23-24,26-29,31-35H,10-12H2,1-2H3;4-7,11,15,20-25,27,29-31H,8-10H2,1-3H3,(H2,33,34,35);4-7,11,15,20-22,24-27,29-32H,8-10H2,1-3H3;1H4;;;/t16-,21+,23?,24-,26+,27+,28+,29+,31+,32-;11-,15+,20-,21?,22+,23-,24-,25-,27-,29+;11-,15+,20-,21?,22+,24-,25-,26-,27-,29+;;;;/m011..../s1. The first-order valence-corrected chi connectivity index (χ1v) is 45.6. The fourth-order valence-electron chi connectivity index (χ4n) is 20.8. The van der Waals surface area contributed by atoms with Gasteiger partial charge in [0, 0.05) is 134 Å². The largest absolute Gasteiger partial charge is 0.525 e. The van der Waals surface area contributed by atoms with E-state index in [0.717, 1.165) is 4.88 Å². The average molecular weight is 2200 g/mol. The molecular formula is C91H101O42PSY3. The molecule has 9 fully saturated rings. The van der Waals surface area contributed by atoms with Crippen molar-refractivity contribution in [2.24, 2.45) is 35.5 Å². The van der Waals surface area contributed by atoms with Gasteiger partial charge >= 0.3 is 25.7 Å². The van der Waals surface area contributed by atoms with Crippen molar-refractivity contribution in [3.8, 4) is 86.2 Å². The number of esters is 3. The number of aliphatic hydroxyl groups excluding tert-OH is 6. The molecule has 0 saturated carbocycles. The SMILES string of the molecule is C.COc1cc(C2c3cc4c(cc3[C@@H](O[C@@H]3O[C@@H]5CO[C@@H](C)O[C@H]5[C@H](O)[C@H]3O)[C@H]3COC(=O)[C@H]23)OCO4)cc(OC)c1O.COc1cc(C2c3cc4c(cc3[C@@H](O[C@@H]3O[C@@H]5CO[C@@H](C)O[C@H]5[C@H](O)[C@H]3O)[C@H]3COC(=O)[C@H]23)OCO4)cc(OC)c1OP(=O)(O)O.COc1cc(C2c3cc4c(cc3[C@@H](O[C@@H]3O[C@@H]5CO[C@@H](c6cccs6)O[C@H]5[C@H](O)[C@H]3O)[C@H]3COC(=O)[C@H]23)OCO4)cc(OC)c1O.[Y].[Y].[Y]. The van der Waals surface area contributed by atoms with Crippen molar-refractivity contribution in [3.63, 3.8) is 0 Å². The zero-order valence-corrected chi connectivity index (χ0v) is 84.7. The van der Waals surface area contributed by atoms with Crippen LogP contribution in [0.4, 0.5) is 0 Å². The van der Waals surface area contributed by atoms with Gasteiger partial charge in [-0.3, -0.25) is 24.2 Å². The van der Waals surface area contributed by atoms with Crippen LogP contribution >= 0.6 is 19.2 Å². The van der Waals surface area contributed by atoms with Gasteiger partial charge in [0.2, 0.25) is 37.6 Å². The zero-order valence-electron chi connectivity index (χ0n) is 74.5. The third kappa shape index (κ3) is 19.1. The molecule has 0 bridgehead atoms. The van der Waals surface area contributed by atoms with E-state index in [0.29, 0.717) is 84.6 Å². The molecule has 3 radical (unpaired) electrons. The number of hydrogen-bond acceptors (Lipinski definition) is 41. The molecule has 10 N–H and O–H groups in total. The smallest absolute Gasteiger partial charge is 0.502 e. The van der Waals surface area contributed by atoms with E-state index in [2.05, 4.69) is 0 Å². The number of benzene rings is 6. The van der Waals surface area contributed by atoms with Gasteiger partial charge in [-0.15, -0.1) is 11.3 Å². The topological polar surface area (TPSA) is 529 Å². The summed E-state index contributed by atoms with van der Waals surface area (Å²) in [4.78, 5) is 60.2.